The number of aryl methyl sites for hydroxylation is 1. The van der Waals surface area contributed by atoms with Gasteiger partial charge in [0.05, 0.1) is 5.52 Å². The number of pyridine rings is 1. The van der Waals surface area contributed by atoms with Crippen molar-refractivity contribution >= 4 is 44.5 Å². The molecule has 4 fully saturated rings. The van der Waals surface area contributed by atoms with Gasteiger partial charge < -0.3 is 20.1 Å². The lowest BCUT2D eigenvalue weighted by molar-refractivity contribution is -0.140. The molecule has 2 aliphatic heterocycles. The predicted octanol–water partition coefficient (Wildman–Crippen LogP) is 4.75. The Balaban J connectivity index is 1.09. The molecule has 4 heterocycles. The van der Waals surface area contributed by atoms with Gasteiger partial charge in [0.2, 0.25) is 11.8 Å². The van der Waals surface area contributed by atoms with Gasteiger partial charge in [0.1, 0.15) is 28.3 Å². The maximum absolute atomic E-state index is 14.5. The third kappa shape index (κ3) is 5.41. The van der Waals surface area contributed by atoms with Gasteiger partial charge in [-0.1, -0.05) is 50.6 Å². The number of sulfonamides is 1. The van der Waals surface area contributed by atoms with E-state index < -0.39 is 39.5 Å². The van der Waals surface area contributed by atoms with E-state index in [0.29, 0.717) is 30.8 Å². The van der Waals surface area contributed by atoms with Gasteiger partial charge in [-0.05, 0) is 92.4 Å². The first-order valence-corrected chi connectivity index (χ1v) is 19.6. The third-order valence-electron chi connectivity index (χ3n) is 12.3. The molecule has 1 aromatic carbocycles. The van der Waals surface area contributed by atoms with Crippen molar-refractivity contribution < 1.29 is 22.8 Å². The standard InChI is InChI=1S/C38H46N6O5S/c1-25(2)31(40-30-14-6-7-18-39-30)34(46)44-24-37(23-36(37)16-10-17-36)22-28(44)33(45)41-38-21-27(38)12-5-3-4-8-19-43-20-15-26-11-9-13-29(32(26)43)50(48,49)42-35(38)47/h5-7,9,11-15,18,20,25,27-28,31H,3-4,8,10,16-17,19,21-24H2,1-2H3,(H,39,40)(H,41,45)(H,42,47)/b12-5-/t27-,28-,31?,37+,38+/m0/s1. The second-order valence-corrected chi connectivity index (χ2v) is 17.3. The fourth-order valence-electron chi connectivity index (χ4n) is 9.16. The van der Waals surface area contributed by atoms with Gasteiger partial charge in [0, 0.05) is 36.8 Å². The van der Waals surface area contributed by atoms with Gasteiger partial charge in [-0.15, -0.1) is 0 Å². The molecule has 3 aliphatic carbocycles. The number of rotatable bonds is 6. The normalized spacial score (nSPS) is 30.5. The number of benzene rings is 1. The minimum Gasteiger partial charge on any atom is -0.358 e. The van der Waals surface area contributed by atoms with E-state index in [1.807, 2.05) is 67.1 Å². The summed E-state index contributed by atoms with van der Waals surface area (Å²) in [6, 6.07) is 11.1. The quantitative estimate of drug-likeness (QED) is 0.316. The SMILES string of the molecule is CC(C)C(Nc1ccccn1)C(=O)N1C[C@@]2(C[C@H]1C(=O)N[C@]13C[C@@H]1/C=C\CCCCn1ccc4cccc(c41)S(=O)(=O)NC3=O)CC21CCC1. The van der Waals surface area contributed by atoms with Crippen LogP contribution in [0.4, 0.5) is 5.82 Å². The highest BCUT2D eigenvalue weighted by Crippen LogP contribution is 2.77. The maximum Gasteiger partial charge on any atom is 0.266 e. The Hall–Kier alpha value is -4.19. The highest BCUT2D eigenvalue weighted by atomic mass is 32.2. The lowest BCUT2D eigenvalue weighted by Gasteiger charge is -2.32. The van der Waals surface area contributed by atoms with Gasteiger partial charge in [-0.25, -0.2) is 18.1 Å². The van der Waals surface area contributed by atoms with Gasteiger partial charge >= 0.3 is 0 Å². The molecule has 3 amide bonds. The minimum absolute atomic E-state index is 0.0359. The second-order valence-electron chi connectivity index (χ2n) is 15.7. The molecule has 11 nitrogen and oxygen atoms in total. The summed E-state index contributed by atoms with van der Waals surface area (Å²) in [6.45, 7) is 5.11. The molecule has 3 aromatic rings. The van der Waals surface area contributed by atoms with Crippen LogP contribution in [0.25, 0.3) is 10.9 Å². The van der Waals surface area contributed by atoms with Crippen LogP contribution in [0.1, 0.15) is 71.6 Å². The van der Waals surface area contributed by atoms with E-state index in [0.717, 1.165) is 50.3 Å². The number of nitrogens with one attached hydrogen (secondary N) is 3. The van der Waals surface area contributed by atoms with Gasteiger partial charge in [-0.2, -0.15) is 0 Å². The van der Waals surface area contributed by atoms with E-state index >= 15 is 0 Å². The van der Waals surface area contributed by atoms with Crippen LogP contribution in [0.5, 0.6) is 0 Å². The molecule has 12 heteroatoms. The monoisotopic (exact) mass is 698 g/mol. The number of para-hydroxylation sites is 1. The molecule has 0 bridgehead atoms. The number of nitrogens with zero attached hydrogens (tertiary/aromatic N) is 3. The molecule has 264 valence electrons. The van der Waals surface area contributed by atoms with Crippen molar-refractivity contribution in [1.29, 1.82) is 0 Å². The molecule has 0 radical (unpaired) electrons. The smallest absolute Gasteiger partial charge is 0.266 e. The van der Waals surface area contributed by atoms with Crippen LogP contribution in [-0.2, 0) is 31.0 Å². The molecule has 8 rings (SSSR count). The van der Waals surface area contributed by atoms with Crippen LogP contribution in [0.3, 0.4) is 0 Å². The summed E-state index contributed by atoms with van der Waals surface area (Å²) in [6.07, 6.45) is 15.3. The van der Waals surface area contributed by atoms with Crippen LogP contribution >= 0.6 is 0 Å². The number of aromatic nitrogens is 2. The molecule has 1 saturated heterocycles. The zero-order valence-electron chi connectivity index (χ0n) is 28.7. The number of fused-ring (bicyclic) bond motifs is 2. The van der Waals surface area contributed by atoms with Crippen molar-refractivity contribution in [3.63, 3.8) is 0 Å². The summed E-state index contributed by atoms with van der Waals surface area (Å²) < 4.78 is 32.1. The maximum atomic E-state index is 14.5. The Morgan fingerprint density at radius 2 is 1.86 bits per heavy atom. The molecule has 5 aliphatic rings. The summed E-state index contributed by atoms with van der Waals surface area (Å²) in [5.74, 6) is -1.18. The van der Waals surface area contributed by atoms with Crippen molar-refractivity contribution in [1.82, 2.24) is 24.5 Å². The predicted molar refractivity (Wildman–Crippen MR) is 189 cm³/mol. The van der Waals surface area contributed by atoms with E-state index in [1.54, 1.807) is 17.2 Å². The molecular formula is C38H46N6O5S. The Labute approximate surface area is 293 Å². The Morgan fingerprint density at radius 3 is 2.58 bits per heavy atom. The van der Waals surface area contributed by atoms with Gasteiger partial charge in [0.25, 0.3) is 15.9 Å². The van der Waals surface area contributed by atoms with Crippen LogP contribution in [0.2, 0.25) is 0 Å². The lowest BCUT2D eigenvalue weighted by Crippen LogP contribution is -2.57. The average Bonchev–Trinajstić information content (AvgIpc) is 3.82. The number of amides is 3. The Bertz CT molecular complexity index is 1990. The number of hydrogen-bond acceptors (Lipinski definition) is 7. The van der Waals surface area contributed by atoms with Crippen molar-refractivity contribution in [2.45, 2.75) is 101 Å². The summed E-state index contributed by atoms with van der Waals surface area (Å²) in [4.78, 5) is 49.3. The molecule has 1 unspecified atom stereocenters. The van der Waals surface area contributed by atoms with Crippen LogP contribution in [-0.4, -0.2) is 64.8 Å². The summed E-state index contributed by atoms with van der Waals surface area (Å²) in [5.41, 5.74) is -0.810. The lowest BCUT2D eigenvalue weighted by atomic mass is 9.74. The summed E-state index contributed by atoms with van der Waals surface area (Å²) >= 11 is 0. The molecule has 2 aromatic heterocycles. The zero-order chi connectivity index (χ0) is 34.9. The third-order valence-corrected chi connectivity index (χ3v) is 13.7. The number of likely N-dealkylation sites (tertiary alicyclic amines) is 1. The summed E-state index contributed by atoms with van der Waals surface area (Å²) in [5, 5.41) is 7.14. The fraction of sp³-hybridized carbons (Fsp3) is 0.526. The average molecular weight is 699 g/mol. The summed E-state index contributed by atoms with van der Waals surface area (Å²) in [7, 11) is -4.28. The topological polar surface area (TPSA) is 142 Å². The van der Waals surface area contributed by atoms with E-state index in [4.69, 9.17) is 0 Å². The van der Waals surface area contributed by atoms with E-state index in [9.17, 15) is 22.8 Å². The van der Waals surface area contributed by atoms with Crippen molar-refractivity contribution in [2.75, 3.05) is 11.9 Å². The van der Waals surface area contributed by atoms with Crippen LogP contribution in [0, 0.1) is 22.7 Å². The van der Waals surface area contributed by atoms with E-state index in [2.05, 4.69) is 20.3 Å². The molecule has 2 spiro atoms. The Kier molecular flexibility index (Phi) is 7.89. The zero-order valence-corrected chi connectivity index (χ0v) is 29.5. The Morgan fingerprint density at radius 1 is 1.02 bits per heavy atom. The number of carbonyl (C=O) groups is 3. The van der Waals surface area contributed by atoms with Crippen LogP contribution < -0.4 is 15.4 Å². The van der Waals surface area contributed by atoms with Crippen molar-refractivity contribution in [3.8, 4) is 0 Å². The second kappa shape index (κ2) is 12.0. The largest absolute Gasteiger partial charge is 0.358 e. The molecule has 3 N–H and O–H groups in total. The minimum atomic E-state index is -4.28. The van der Waals surface area contributed by atoms with E-state index in [1.165, 1.54) is 6.07 Å². The van der Waals surface area contributed by atoms with Crippen LogP contribution in [0.15, 0.2) is 71.9 Å². The first-order chi connectivity index (χ1) is 24.0. The number of anilines is 1. The van der Waals surface area contributed by atoms with Gasteiger partial charge in [-0.3, -0.25) is 14.4 Å². The number of allylic oxidation sites excluding steroid dienone is 1. The molecule has 3 saturated carbocycles. The first kappa shape index (κ1) is 33.0. The highest BCUT2D eigenvalue weighted by molar-refractivity contribution is 7.90. The highest BCUT2D eigenvalue weighted by Gasteiger charge is 2.74. The fourth-order valence-corrected chi connectivity index (χ4v) is 10.4. The van der Waals surface area contributed by atoms with Gasteiger partial charge in [0.15, 0.2) is 0 Å². The number of carbonyl (C=O) groups excluding carboxylic acids is 3. The van der Waals surface area contributed by atoms with E-state index in [-0.39, 0.29) is 39.9 Å². The first-order valence-electron chi connectivity index (χ1n) is 18.1. The molecular weight excluding hydrogens is 653 g/mol. The number of hydrogen-bond donors (Lipinski definition) is 3. The molecule has 5 atom stereocenters. The van der Waals surface area contributed by atoms with Crippen molar-refractivity contribution in [2.24, 2.45) is 22.7 Å². The molecule has 50 heavy (non-hydrogen) atoms. The van der Waals surface area contributed by atoms with Crippen molar-refractivity contribution in [3.05, 3.63) is 67.0 Å².